The van der Waals surface area contributed by atoms with Gasteiger partial charge in [0.15, 0.2) is 6.54 Å². The van der Waals surface area contributed by atoms with E-state index < -0.39 is 26.0 Å². The molecule has 12 heteroatoms. The van der Waals surface area contributed by atoms with E-state index >= 15 is 0 Å². The summed E-state index contributed by atoms with van der Waals surface area (Å²) in [4.78, 5) is 3.28. The van der Waals surface area contributed by atoms with E-state index in [4.69, 9.17) is 0 Å². The molecule has 1 aliphatic rings. The highest BCUT2D eigenvalue weighted by atomic mass is 32.2. The molecule has 1 unspecified atom stereocenters. The molecule has 2 heterocycles. The van der Waals surface area contributed by atoms with E-state index in [1.54, 1.807) is 23.1 Å². The summed E-state index contributed by atoms with van der Waals surface area (Å²) in [5, 5.41) is 6.52. The molecule has 1 N–H and O–H groups in total. The molecule has 1 aliphatic heterocycles. The van der Waals surface area contributed by atoms with Crippen LogP contribution < -0.4 is 9.47 Å². The second-order valence-electron chi connectivity index (χ2n) is 11.3. The van der Waals surface area contributed by atoms with Gasteiger partial charge in [-0.3, -0.25) is 4.55 Å². The van der Waals surface area contributed by atoms with Crippen molar-refractivity contribution in [2.24, 2.45) is 5.92 Å². The maximum absolute atomic E-state index is 11.6. The van der Waals surface area contributed by atoms with Gasteiger partial charge in [-0.1, -0.05) is 84.6 Å². The first-order valence-corrected chi connectivity index (χ1v) is 19.7. The van der Waals surface area contributed by atoms with Gasteiger partial charge in [0, 0.05) is 35.4 Å². The van der Waals surface area contributed by atoms with Crippen LogP contribution in [0.5, 0.6) is 0 Å². The predicted molar refractivity (Wildman–Crippen MR) is 182 cm³/mol. The molecule has 1 atom stereocenters. The van der Waals surface area contributed by atoms with Crippen LogP contribution in [0.15, 0.2) is 88.8 Å². The number of benzene rings is 4. The van der Waals surface area contributed by atoms with Gasteiger partial charge in [0.05, 0.1) is 32.0 Å². The molecule has 236 valence electrons. The second kappa shape index (κ2) is 13.0. The Bertz CT molecular complexity index is 2140. The van der Waals surface area contributed by atoms with E-state index in [9.17, 15) is 25.9 Å². The van der Waals surface area contributed by atoms with Crippen molar-refractivity contribution in [1.29, 1.82) is 0 Å². The average molecular weight is 683 g/mol. The monoisotopic (exact) mass is 682 g/mol. The third kappa shape index (κ3) is 7.21. The summed E-state index contributed by atoms with van der Waals surface area (Å²) in [7, 11) is -8.41. The standard InChI is InChI=1S/C33H34N2O6S4/c1-2-23(21-30-34(17-7-19-44(36,37)38)32-26-11-5-3-9-24(26)13-15-28(32)42-30)22-31-35(18-8-20-45(39,40)41)33-27-12-6-4-10-25(27)14-16-29(33)43-31/h3-6,9-16,21,23H,2,7-8,17-20,22H2,1H3,(H-,36,37,38,39,40,41)/b30-21-. The molecule has 0 spiro atoms. The SMILES string of the molecule is CCC(/C=C1\Sc2ccc3ccccc3c2N1CCCS(=O)(=O)O)Cc1sc2ccc3ccccc3c2[n+]1CCCS(=O)(=O)[O-]. The van der Waals surface area contributed by atoms with Crippen molar-refractivity contribution >= 4 is 80.8 Å². The topological polar surface area (TPSA) is 119 Å². The minimum absolute atomic E-state index is 0.131. The van der Waals surface area contributed by atoms with Gasteiger partial charge in [0.2, 0.25) is 10.5 Å². The summed E-state index contributed by atoms with van der Waals surface area (Å²) >= 11 is 3.37. The van der Waals surface area contributed by atoms with E-state index in [2.05, 4.69) is 71.0 Å². The molecule has 0 bridgehead atoms. The molecule has 0 fully saturated rings. The van der Waals surface area contributed by atoms with Crippen molar-refractivity contribution in [3.8, 4) is 0 Å². The highest BCUT2D eigenvalue weighted by Crippen LogP contribution is 2.50. The smallest absolute Gasteiger partial charge is 0.264 e. The highest BCUT2D eigenvalue weighted by Gasteiger charge is 2.30. The lowest BCUT2D eigenvalue weighted by Crippen LogP contribution is -2.38. The molecule has 5 aromatic rings. The van der Waals surface area contributed by atoms with Gasteiger partial charge in [-0.2, -0.15) is 13.0 Å². The first-order chi connectivity index (χ1) is 21.5. The number of fused-ring (bicyclic) bond motifs is 6. The van der Waals surface area contributed by atoms with Crippen molar-refractivity contribution in [2.45, 2.75) is 44.0 Å². The van der Waals surface area contributed by atoms with Crippen LogP contribution in [0.4, 0.5) is 5.69 Å². The van der Waals surface area contributed by atoms with Crippen LogP contribution in [0.25, 0.3) is 31.8 Å². The molecule has 4 aromatic carbocycles. The van der Waals surface area contributed by atoms with Gasteiger partial charge in [-0.25, -0.2) is 8.42 Å². The van der Waals surface area contributed by atoms with Crippen molar-refractivity contribution in [1.82, 2.24) is 0 Å². The van der Waals surface area contributed by atoms with E-state index in [0.717, 1.165) is 58.8 Å². The van der Waals surface area contributed by atoms with E-state index in [0.29, 0.717) is 19.5 Å². The number of thiazole rings is 1. The van der Waals surface area contributed by atoms with Gasteiger partial charge < -0.3 is 9.45 Å². The third-order valence-corrected chi connectivity index (χ3v) is 12.1. The lowest BCUT2D eigenvalue weighted by molar-refractivity contribution is -0.673. The zero-order valence-corrected chi connectivity index (χ0v) is 28.0. The van der Waals surface area contributed by atoms with Crippen LogP contribution in [0, 0.1) is 5.92 Å². The zero-order valence-electron chi connectivity index (χ0n) is 24.8. The quantitative estimate of drug-likeness (QED) is 0.114. The Labute approximate surface area is 271 Å². The highest BCUT2D eigenvalue weighted by molar-refractivity contribution is 8.03. The number of hydrogen-bond donors (Lipinski definition) is 1. The Kier molecular flexibility index (Phi) is 9.24. The molecule has 0 radical (unpaired) electrons. The molecule has 45 heavy (non-hydrogen) atoms. The first kappa shape index (κ1) is 32.0. The number of nitrogens with zero attached hydrogens (tertiary/aromatic N) is 2. The molecular formula is C33H34N2O6S4. The average Bonchev–Trinajstić information content (AvgIpc) is 3.53. The van der Waals surface area contributed by atoms with Gasteiger partial charge in [-0.05, 0) is 53.8 Å². The van der Waals surface area contributed by atoms with Gasteiger partial charge in [-0.15, -0.1) is 0 Å². The molecular weight excluding hydrogens is 649 g/mol. The van der Waals surface area contributed by atoms with Crippen LogP contribution in [-0.2, 0) is 33.2 Å². The van der Waals surface area contributed by atoms with Crippen LogP contribution >= 0.6 is 23.1 Å². The third-order valence-electron chi connectivity index (χ3n) is 8.18. The van der Waals surface area contributed by atoms with Crippen molar-refractivity contribution < 1.29 is 30.5 Å². The summed E-state index contributed by atoms with van der Waals surface area (Å²) in [6.07, 6.45) is 4.35. The molecule has 6 rings (SSSR count). The maximum Gasteiger partial charge on any atom is 0.264 e. The summed E-state index contributed by atoms with van der Waals surface area (Å²) in [6, 6.07) is 24.7. The van der Waals surface area contributed by atoms with Crippen LogP contribution in [0.1, 0.15) is 31.2 Å². The van der Waals surface area contributed by atoms with Crippen LogP contribution in [0.3, 0.4) is 0 Å². The largest absolute Gasteiger partial charge is 0.748 e. The molecule has 0 saturated carbocycles. The Morgan fingerprint density at radius 1 is 0.911 bits per heavy atom. The molecule has 8 nitrogen and oxygen atoms in total. The van der Waals surface area contributed by atoms with Crippen LogP contribution in [-0.4, -0.2) is 44.0 Å². The van der Waals surface area contributed by atoms with Crippen molar-refractivity contribution in [2.75, 3.05) is 23.0 Å². The maximum atomic E-state index is 11.6. The number of aryl methyl sites for hydroxylation is 1. The normalized spacial score (nSPS) is 15.4. The Hall–Kier alpha value is -3.00. The number of thioether (sulfide) groups is 1. The minimum atomic E-state index is -4.33. The lowest BCUT2D eigenvalue weighted by atomic mass is 10.0. The molecule has 0 aliphatic carbocycles. The Balaban J connectivity index is 1.37. The summed E-state index contributed by atoms with van der Waals surface area (Å²) in [5.41, 5.74) is 2.11. The number of anilines is 1. The number of hydrogen-bond acceptors (Lipinski definition) is 8. The molecule has 1 aromatic heterocycles. The fraction of sp³-hybridized carbons (Fsp3) is 0.303. The number of aromatic nitrogens is 1. The van der Waals surface area contributed by atoms with Crippen LogP contribution in [0.2, 0.25) is 0 Å². The van der Waals surface area contributed by atoms with Gasteiger partial charge >= 0.3 is 0 Å². The predicted octanol–water partition coefficient (Wildman–Crippen LogP) is 6.73. The van der Waals surface area contributed by atoms with Gasteiger partial charge in [0.25, 0.3) is 10.1 Å². The van der Waals surface area contributed by atoms with E-state index in [1.807, 2.05) is 24.3 Å². The molecule has 0 amide bonds. The van der Waals surface area contributed by atoms with Crippen molar-refractivity contribution in [3.63, 3.8) is 0 Å². The zero-order chi connectivity index (χ0) is 31.8. The van der Waals surface area contributed by atoms with Gasteiger partial charge in [0.1, 0.15) is 4.70 Å². The fourth-order valence-electron chi connectivity index (χ4n) is 6.06. The Morgan fingerprint density at radius 3 is 2.31 bits per heavy atom. The van der Waals surface area contributed by atoms with Crippen molar-refractivity contribution in [3.05, 3.63) is 88.9 Å². The summed E-state index contributed by atoms with van der Waals surface area (Å²) in [6.45, 7) is 3.00. The summed E-state index contributed by atoms with van der Waals surface area (Å²) < 4.78 is 70.2. The Morgan fingerprint density at radius 2 is 1.60 bits per heavy atom. The first-order valence-electron chi connectivity index (χ1n) is 14.9. The second-order valence-corrected chi connectivity index (χ2v) is 16.6. The number of rotatable bonds is 12. The fourth-order valence-corrected chi connectivity index (χ4v) is 9.57. The summed E-state index contributed by atoms with van der Waals surface area (Å²) in [5.74, 6) is -0.594. The minimum Gasteiger partial charge on any atom is -0.748 e. The molecule has 0 saturated heterocycles. The van der Waals surface area contributed by atoms with E-state index in [1.165, 1.54) is 0 Å². The number of allylic oxidation sites excluding steroid dienone is 1. The lowest BCUT2D eigenvalue weighted by Gasteiger charge is -2.23. The van der Waals surface area contributed by atoms with E-state index in [-0.39, 0.29) is 24.5 Å².